The van der Waals surface area contributed by atoms with Crippen LogP contribution in [-0.4, -0.2) is 67.5 Å². The summed E-state index contributed by atoms with van der Waals surface area (Å²) in [5.74, 6) is 4.04. The Balaban J connectivity index is 1.67. The maximum Gasteiger partial charge on any atom is 0.511 e. The average Bonchev–Trinajstić information content (AvgIpc) is 3.59. The Morgan fingerprint density at radius 3 is 2.15 bits per heavy atom. The molecule has 11 nitrogen and oxygen atoms in total. The number of unbranched alkanes of at least 4 members (excludes halogenated alkanes) is 3. The average molecular weight is 779 g/mol. The number of hydrogen-bond acceptors (Lipinski definition) is 11. The monoisotopic (exact) mass is 778 g/mol. The number of allylic oxidation sites excluding steroid dienone is 2. The highest BCUT2D eigenvalue weighted by atomic mass is 19.4. The van der Waals surface area contributed by atoms with Gasteiger partial charge in [-0.15, -0.1) is 24.7 Å². The molecule has 1 aliphatic carbocycles. The van der Waals surface area contributed by atoms with Gasteiger partial charge >= 0.3 is 30.2 Å². The highest BCUT2D eigenvalue weighted by molar-refractivity contribution is 5.70. The van der Waals surface area contributed by atoms with Gasteiger partial charge in [-0.05, 0) is 81.4 Å². The van der Waals surface area contributed by atoms with Crippen molar-refractivity contribution >= 4 is 24.1 Å². The first-order valence-electron chi connectivity index (χ1n) is 18.7. The molecule has 1 aliphatic rings. The third-order valence-electron chi connectivity index (χ3n) is 8.74. The third-order valence-corrected chi connectivity index (χ3v) is 8.74. The quantitative estimate of drug-likeness (QED) is 0.0259. The minimum Gasteiger partial charge on any atom is -0.491 e. The number of terminal acetylenes is 2. The number of benzene rings is 1. The molecule has 2 rings (SSSR count). The lowest BCUT2D eigenvalue weighted by atomic mass is 9.88. The SMILES string of the molecule is C#CCCCC(=O)OCC(COC(=O)CCCC#C)OC(=O)OC(C)OC(=O)CCC/C=C\C[C@H]1CCC[C@@H]1CC[C@@H](O)COc1cccc(C(F)(F)F)c1. The van der Waals surface area contributed by atoms with Crippen LogP contribution in [-0.2, 0) is 44.2 Å². The highest BCUT2D eigenvalue weighted by Gasteiger charge is 2.31. The topological polar surface area (TPSA) is 144 Å². The van der Waals surface area contributed by atoms with Crippen LogP contribution in [0.2, 0.25) is 0 Å². The lowest BCUT2D eigenvalue weighted by Crippen LogP contribution is -2.32. The molecule has 0 aromatic heterocycles. The number of rotatable bonds is 25. The smallest absolute Gasteiger partial charge is 0.491 e. The summed E-state index contributed by atoms with van der Waals surface area (Å²) < 4.78 is 69.8. The molecule has 304 valence electrons. The van der Waals surface area contributed by atoms with Gasteiger partial charge in [-0.25, -0.2) is 4.79 Å². The second-order valence-electron chi connectivity index (χ2n) is 13.3. The number of hydrogen-bond donors (Lipinski definition) is 1. The Morgan fingerprint density at radius 2 is 1.51 bits per heavy atom. The number of aliphatic hydroxyl groups is 1. The molecule has 0 bridgehead atoms. The van der Waals surface area contributed by atoms with E-state index in [4.69, 9.17) is 41.3 Å². The number of aliphatic hydroxyl groups excluding tert-OH is 1. The van der Waals surface area contributed by atoms with Gasteiger partial charge < -0.3 is 33.5 Å². The molecule has 0 heterocycles. The standard InChI is InChI=1S/C41H53F3O11/c1-4-6-10-21-37(46)51-28-36(29-52-38(47)22-11-7-5-2)55-40(49)54-30(3)53-39(48)23-13-9-8-12-16-31-17-14-18-32(31)24-25-34(45)27-50-35-20-15-19-33(26-35)41(42,43)44/h1-2,8,12,15,19-20,26,30-32,34,36,45H,6-7,9-11,13-14,16-18,21-25,27-29H2,3H3/b12-8-/t30?,31-,32+,34+/m0/s1. The Bertz CT molecular complexity index is 1410. The maximum atomic E-state index is 12.9. The molecule has 0 saturated heterocycles. The van der Waals surface area contributed by atoms with Gasteiger partial charge in [0.05, 0.1) is 11.7 Å². The van der Waals surface area contributed by atoms with E-state index in [2.05, 4.69) is 17.9 Å². The van der Waals surface area contributed by atoms with E-state index >= 15 is 0 Å². The van der Waals surface area contributed by atoms with E-state index in [1.165, 1.54) is 19.1 Å². The van der Waals surface area contributed by atoms with E-state index in [0.717, 1.165) is 44.2 Å². The van der Waals surface area contributed by atoms with Crippen LogP contribution in [0, 0.1) is 36.5 Å². The molecule has 0 spiro atoms. The van der Waals surface area contributed by atoms with E-state index in [-0.39, 0.29) is 31.6 Å². The van der Waals surface area contributed by atoms with Gasteiger partial charge in [-0.2, -0.15) is 13.2 Å². The molecule has 4 atom stereocenters. The first-order valence-corrected chi connectivity index (χ1v) is 18.7. The van der Waals surface area contributed by atoms with Gasteiger partial charge in [0.15, 0.2) is 6.10 Å². The van der Waals surface area contributed by atoms with E-state index in [9.17, 15) is 37.5 Å². The molecular weight excluding hydrogens is 725 g/mol. The van der Waals surface area contributed by atoms with Crippen molar-refractivity contribution in [2.75, 3.05) is 19.8 Å². The fourth-order valence-corrected chi connectivity index (χ4v) is 5.87. The normalized spacial score (nSPS) is 16.4. The summed E-state index contributed by atoms with van der Waals surface area (Å²) in [6.45, 7) is 0.444. The van der Waals surface area contributed by atoms with Crippen molar-refractivity contribution in [1.82, 2.24) is 0 Å². The summed E-state index contributed by atoms with van der Waals surface area (Å²) >= 11 is 0. The van der Waals surface area contributed by atoms with Crippen molar-refractivity contribution in [2.24, 2.45) is 11.8 Å². The van der Waals surface area contributed by atoms with Crippen LogP contribution in [0.3, 0.4) is 0 Å². The summed E-state index contributed by atoms with van der Waals surface area (Å²) in [5.41, 5.74) is -0.801. The molecule has 1 N–H and O–H groups in total. The van der Waals surface area contributed by atoms with Gasteiger partial charge in [0.1, 0.15) is 25.6 Å². The molecule has 1 aromatic rings. The molecule has 0 aliphatic heterocycles. The van der Waals surface area contributed by atoms with E-state index in [1.54, 1.807) is 0 Å². The zero-order valence-electron chi connectivity index (χ0n) is 31.4. The van der Waals surface area contributed by atoms with Crippen LogP contribution in [0.1, 0.15) is 109 Å². The van der Waals surface area contributed by atoms with Crippen molar-refractivity contribution in [2.45, 2.75) is 128 Å². The van der Waals surface area contributed by atoms with Crippen LogP contribution < -0.4 is 4.74 Å². The van der Waals surface area contributed by atoms with E-state index < -0.39 is 67.5 Å². The first kappa shape index (κ1) is 46.5. The molecule has 1 fully saturated rings. The number of carbonyl (C=O) groups excluding carboxylic acids is 4. The van der Waals surface area contributed by atoms with Crippen molar-refractivity contribution in [3.8, 4) is 30.4 Å². The van der Waals surface area contributed by atoms with E-state index in [0.29, 0.717) is 56.8 Å². The van der Waals surface area contributed by atoms with Crippen molar-refractivity contribution in [3.63, 3.8) is 0 Å². The molecule has 1 unspecified atom stereocenters. The minimum absolute atomic E-state index is 0.0564. The van der Waals surface area contributed by atoms with Gasteiger partial charge in [0, 0.05) is 39.0 Å². The van der Waals surface area contributed by atoms with Crippen LogP contribution in [0.25, 0.3) is 0 Å². The number of ether oxygens (including phenoxy) is 6. The molecule has 0 radical (unpaired) electrons. The molecule has 55 heavy (non-hydrogen) atoms. The number of carbonyl (C=O) groups is 4. The van der Waals surface area contributed by atoms with E-state index in [1.807, 2.05) is 6.08 Å². The molecular formula is C41H53F3O11. The predicted octanol–water partition coefficient (Wildman–Crippen LogP) is 7.86. The molecule has 1 aromatic carbocycles. The Morgan fingerprint density at radius 1 is 0.873 bits per heavy atom. The third kappa shape index (κ3) is 21.1. The van der Waals surface area contributed by atoms with Crippen LogP contribution in [0.15, 0.2) is 36.4 Å². The summed E-state index contributed by atoms with van der Waals surface area (Å²) in [6, 6.07) is 4.59. The van der Waals surface area contributed by atoms with Gasteiger partial charge in [0.25, 0.3) is 0 Å². The molecule has 14 heteroatoms. The fourth-order valence-electron chi connectivity index (χ4n) is 5.87. The Hall–Kier alpha value is -4.69. The molecule has 0 amide bonds. The first-order chi connectivity index (χ1) is 26.3. The van der Waals surface area contributed by atoms with Crippen LogP contribution in [0.4, 0.5) is 18.0 Å². The zero-order chi connectivity index (χ0) is 40.5. The molecule has 1 saturated carbocycles. The zero-order valence-corrected chi connectivity index (χ0v) is 31.4. The fraction of sp³-hybridized carbons (Fsp3) is 0.610. The summed E-state index contributed by atoms with van der Waals surface area (Å²) in [7, 11) is 0. The number of alkyl halides is 3. The summed E-state index contributed by atoms with van der Waals surface area (Å²) in [6.07, 6.45) is 13.8. The Labute approximate surface area is 321 Å². The lowest BCUT2D eigenvalue weighted by Gasteiger charge is -2.20. The summed E-state index contributed by atoms with van der Waals surface area (Å²) in [4.78, 5) is 48.7. The lowest BCUT2D eigenvalue weighted by molar-refractivity contribution is -0.172. The van der Waals surface area contributed by atoms with Crippen LogP contribution >= 0.6 is 0 Å². The van der Waals surface area contributed by atoms with Gasteiger partial charge in [-0.3, -0.25) is 14.4 Å². The largest absolute Gasteiger partial charge is 0.511 e. The second kappa shape index (κ2) is 26.2. The van der Waals surface area contributed by atoms with Crippen molar-refractivity contribution < 1.29 is 65.9 Å². The highest BCUT2D eigenvalue weighted by Crippen LogP contribution is 2.38. The Kier molecular flexibility index (Phi) is 22.1. The number of halogens is 3. The van der Waals surface area contributed by atoms with Crippen molar-refractivity contribution in [3.05, 3.63) is 42.0 Å². The minimum atomic E-state index is -4.47. The van der Waals surface area contributed by atoms with Gasteiger partial charge in [0.2, 0.25) is 6.29 Å². The second-order valence-corrected chi connectivity index (χ2v) is 13.3. The van der Waals surface area contributed by atoms with Crippen molar-refractivity contribution in [1.29, 1.82) is 0 Å². The maximum absolute atomic E-state index is 12.9. The number of esters is 3. The van der Waals surface area contributed by atoms with Gasteiger partial charge in [-0.1, -0.05) is 31.1 Å². The summed E-state index contributed by atoms with van der Waals surface area (Å²) in [5, 5.41) is 10.4. The predicted molar refractivity (Wildman–Crippen MR) is 195 cm³/mol. The van der Waals surface area contributed by atoms with Crippen LogP contribution in [0.5, 0.6) is 5.75 Å².